The lowest BCUT2D eigenvalue weighted by Crippen LogP contribution is -2.22. The van der Waals surface area contributed by atoms with Gasteiger partial charge in [0.15, 0.2) is 5.13 Å². The van der Waals surface area contributed by atoms with E-state index in [-0.39, 0.29) is 16.7 Å². The normalized spacial score (nSPS) is 12.3. The van der Waals surface area contributed by atoms with Crippen LogP contribution in [0.5, 0.6) is 0 Å². The largest absolute Gasteiger partial charge is 0.309 e. The van der Waals surface area contributed by atoms with E-state index >= 15 is 0 Å². The molecule has 2 aromatic carbocycles. The van der Waals surface area contributed by atoms with Gasteiger partial charge in [0.1, 0.15) is 10.7 Å². The molecule has 0 spiro atoms. The van der Waals surface area contributed by atoms with Crippen LogP contribution in [0.4, 0.5) is 5.13 Å². The number of aromatic nitrogens is 3. The van der Waals surface area contributed by atoms with Gasteiger partial charge >= 0.3 is 0 Å². The fraction of sp³-hybridized carbons (Fsp3) is 0.167. The van der Waals surface area contributed by atoms with Gasteiger partial charge in [-0.3, -0.25) is 9.59 Å². The van der Waals surface area contributed by atoms with Crippen molar-refractivity contribution in [3.05, 3.63) is 75.7 Å². The quantitative estimate of drug-likeness (QED) is 0.311. The molecule has 1 unspecified atom stereocenters. The molecule has 33 heavy (non-hydrogen) atoms. The molecular formula is C24H20N4O2S3. The number of nitrogens with one attached hydrogen (secondary N) is 2. The molecule has 1 atom stereocenters. The van der Waals surface area contributed by atoms with E-state index in [9.17, 15) is 9.59 Å². The maximum atomic E-state index is 12.8. The summed E-state index contributed by atoms with van der Waals surface area (Å²) in [5, 5.41) is 5.75. The molecule has 0 aliphatic heterocycles. The fourth-order valence-corrected chi connectivity index (χ4v) is 6.19. The van der Waals surface area contributed by atoms with E-state index in [1.807, 2.05) is 67.8 Å². The number of aryl methyl sites for hydroxylation is 1. The van der Waals surface area contributed by atoms with E-state index in [1.54, 1.807) is 0 Å². The van der Waals surface area contributed by atoms with Crippen molar-refractivity contribution in [1.29, 1.82) is 0 Å². The number of anilines is 1. The zero-order valence-electron chi connectivity index (χ0n) is 17.9. The number of hydrogen-bond donors (Lipinski definition) is 2. The molecule has 3 heterocycles. The minimum atomic E-state index is -0.331. The number of thioether (sulfide) groups is 1. The van der Waals surface area contributed by atoms with Gasteiger partial charge in [-0.05, 0) is 31.0 Å². The molecule has 0 aliphatic rings. The molecule has 0 aliphatic carbocycles. The van der Waals surface area contributed by atoms with Crippen LogP contribution in [-0.4, -0.2) is 26.1 Å². The maximum absolute atomic E-state index is 12.8. The van der Waals surface area contributed by atoms with Gasteiger partial charge in [-0.2, -0.15) is 0 Å². The smallest absolute Gasteiger partial charge is 0.260 e. The van der Waals surface area contributed by atoms with Gasteiger partial charge in [0.25, 0.3) is 5.56 Å². The summed E-state index contributed by atoms with van der Waals surface area (Å²) in [6, 6.07) is 15.8. The van der Waals surface area contributed by atoms with Crippen molar-refractivity contribution in [2.75, 3.05) is 5.32 Å². The number of fused-ring (bicyclic) bond motifs is 2. The average Bonchev–Trinajstić information content (AvgIpc) is 3.43. The van der Waals surface area contributed by atoms with Crippen LogP contribution in [0, 0.1) is 6.92 Å². The molecule has 1 amide bonds. The lowest BCUT2D eigenvalue weighted by atomic mass is 10.1. The third-order valence-corrected chi connectivity index (χ3v) is 8.23. The van der Waals surface area contributed by atoms with Crippen LogP contribution < -0.4 is 10.9 Å². The number of carbonyl (C=O) groups excluding carboxylic acids is 1. The van der Waals surface area contributed by atoms with Crippen molar-refractivity contribution in [3.8, 4) is 11.1 Å². The number of hydrogen-bond acceptors (Lipinski definition) is 7. The SMILES string of the molecule is Cc1cccc2sc(NC(=O)C(C)SCc3nc4scc(-c5ccccc5)c4c(=O)[nH]3)nc12. The summed E-state index contributed by atoms with van der Waals surface area (Å²) in [6.45, 7) is 3.85. The van der Waals surface area contributed by atoms with Gasteiger partial charge in [-0.25, -0.2) is 9.97 Å². The van der Waals surface area contributed by atoms with Gasteiger partial charge in [-0.15, -0.1) is 23.1 Å². The molecule has 0 saturated heterocycles. The summed E-state index contributed by atoms with van der Waals surface area (Å²) in [5.74, 6) is 0.869. The zero-order chi connectivity index (χ0) is 22.9. The predicted molar refractivity (Wildman–Crippen MR) is 139 cm³/mol. The molecule has 0 fully saturated rings. The minimum absolute atomic E-state index is 0.123. The molecule has 0 bridgehead atoms. The summed E-state index contributed by atoms with van der Waals surface area (Å²) in [7, 11) is 0. The number of carbonyl (C=O) groups is 1. The zero-order valence-corrected chi connectivity index (χ0v) is 20.4. The number of thiophene rings is 1. The average molecular weight is 493 g/mol. The van der Waals surface area contributed by atoms with Crippen LogP contribution in [0.1, 0.15) is 18.3 Å². The lowest BCUT2D eigenvalue weighted by molar-refractivity contribution is -0.115. The Morgan fingerprint density at radius 3 is 2.76 bits per heavy atom. The second-order valence-corrected chi connectivity index (χ2v) is 10.8. The van der Waals surface area contributed by atoms with Gasteiger partial charge in [0.05, 0.1) is 26.6 Å². The van der Waals surface area contributed by atoms with E-state index in [4.69, 9.17) is 0 Å². The van der Waals surface area contributed by atoms with E-state index < -0.39 is 0 Å². The minimum Gasteiger partial charge on any atom is -0.309 e. The first-order chi connectivity index (χ1) is 16.0. The Bertz CT molecular complexity index is 1520. The Balaban J connectivity index is 1.28. The monoisotopic (exact) mass is 492 g/mol. The van der Waals surface area contributed by atoms with Gasteiger partial charge < -0.3 is 10.3 Å². The van der Waals surface area contributed by atoms with E-state index in [0.29, 0.717) is 26.9 Å². The Morgan fingerprint density at radius 2 is 1.97 bits per heavy atom. The molecule has 5 aromatic rings. The van der Waals surface area contributed by atoms with E-state index in [0.717, 1.165) is 26.9 Å². The van der Waals surface area contributed by atoms with Crippen LogP contribution in [-0.2, 0) is 10.5 Å². The molecule has 0 radical (unpaired) electrons. The molecule has 2 N–H and O–H groups in total. The Kier molecular flexibility index (Phi) is 6.01. The summed E-state index contributed by atoms with van der Waals surface area (Å²) in [5.41, 5.74) is 3.73. The van der Waals surface area contributed by atoms with Crippen LogP contribution in [0.15, 0.2) is 58.7 Å². The highest BCUT2D eigenvalue weighted by Gasteiger charge is 2.18. The summed E-state index contributed by atoms with van der Waals surface area (Å²) < 4.78 is 1.05. The highest BCUT2D eigenvalue weighted by Crippen LogP contribution is 2.31. The third-order valence-electron chi connectivity index (χ3n) is 5.27. The second kappa shape index (κ2) is 9.09. The van der Waals surface area contributed by atoms with Gasteiger partial charge in [0.2, 0.25) is 5.91 Å². The highest BCUT2D eigenvalue weighted by molar-refractivity contribution is 7.99. The number of amides is 1. The van der Waals surface area contributed by atoms with Crippen LogP contribution in [0.3, 0.4) is 0 Å². The summed E-state index contributed by atoms with van der Waals surface area (Å²) >= 11 is 4.34. The maximum Gasteiger partial charge on any atom is 0.260 e. The van der Waals surface area contributed by atoms with Crippen molar-refractivity contribution >= 4 is 65.9 Å². The number of aromatic amines is 1. The van der Waals surface area contributed by atoms with Crippen molar-refractivity contribution in [2.24, 2.45) is 0 Å². The summed E-state index contributed by atoms with van der Waals surface area (Å²) in [4.78, 5) is 38.3. The predicted octanol–water partition coefficient (Wildman–Crippen LogP) is 5.83. The van der Waals surface area contributed by atoms with Gasteiger partial charge in [0, 0.05) is 10.9 Å². The van der Waals surface area contributed by atoms with Crippen LogP contribution in [0.2, 0.25) is 0 Å². The molecular weight excluding hydrogens is 472 g/mol. The van der Waals surface area contributed by atoms with Crippen LogP contribution in [0.25, 0.3) is 31.6 Å². The molecule has 6 nitrogen and oxygen atoms in total. The third kappa shape index (κ3) is 4.44. The topological polar surface area (TPSA) is 87.7 Å². The first kappa shape index (κ1) is 21.8. The number of nitrogens with zero attached hydrogens (tertiary/aromatic N) is 2. The first-order valence-electron chi connectivity index (χ1n) is 10.3. The molecule has 0 saturated carbocycles. The van der Waals surface area contributed by atoms with E-state index in [2.05, 4.69) is 20.3 Å². The summed E-state index contributed by atoms with van der Waals surface area (Å²) in [6.07, 6.45) is 0. The van der Waals surface area contributed by atoms with Crippen molar-refractivity contribution < 1.29 is 4.79 Å². The highest BCUT2D eigenvalue weighted by atomic mass is 32.2. The Morgan fingerprint density at radius 1 is 1.15 bits per heavy atom. The van der Waals surface area contributed by atoms with Crippen molar-refractivity contribution in [2.45, 2.75) is 24.9 Å². The first-order valence-corrected chi connectivity index (χ1v) is 13.1. The number of rotatable bonds is 6. The standard InChI is InChI=1S/C24H20N4O2S3/c1-13-7-6-10-17-20(13)27-24(33-17)28-21(29)14(2)31-12-18-25-22(30)19-16(11-32-23(19)26-18)15-8-4-3-5-9-15/h3-11,14H,12H2,1-2H3,(H,25,26,30)(H,27,28,29). The van der Waals surface area contributed by atoms with Crippen molar-refractivity contribution in [1.82, 2.24) is 15.0 Å². The van der Waals surface area contributed by atoms with E-state index in [1.165, 1.54) is 34.4 Å². The Hall–Kier alpha value is -3.01. The lowest BCUT2D eigenvalue weighted by Gasteiger charge is -2.10. The molecule has 166 valence electrons. The molecule has 5 rings (SSSR count). The second-order valence-electron chi connectivity index (χ2n) is 7.59. The van der Waals surface area contributed by atoms with Crippen molar-refractivity contribution in [3.63, 3.8) is 0 Å². The Labute approximate surface area is 202 Å². The number of H-pyrrole nitrogens is 1. The number of thiazole rings is 1. The molecule has 3 aromatic heterocycles. The van der Waals surface area contributed by atoms with Crippen LogP contribution >= 0.6 is 34.4 Å². The number of benzene rings is 2. The fourth-order valence-electron chi connectivity index (χ4n) is 3.52. The molecule has 9 heteroatoms. The van der Waals surface area contributed by atoms with Gasteiger partial charge in [-0.1, -0.05) is 53.8 Å². The number of para-hydroxylation sites is 1.